The van der Waals surface area contributed by atoms with Crippen LogP contribution in [-0.2, 0) is 28.9 Å². The van der Waals surface area contributed by atoms with Gasteiger partial charge in [-0.25, -0.2) is 12.6 Å². The number of benzene rings is 1. The molecule has 0 unspecified atom stereocenters. The highest BCUT2D eigenvalue weighted by Crippen LogP contribution is 2.18. The fourth-order valence-corrected chi connectivity index (χ4v) is 3.29. The first-order chi connectivity index (χ1) is 9.04. The molecule has 1 aromatic rings. The van der Waals surface area contributed by atoms with Gasteiger partial charge in [-0.2, -0.15) is 8.42 Å². The van der Waals surface area contributed by atoms with E-state index >= 15 is 0 Å². The van der Waals surface area contributed by atoms with Gasteiger partial charge in [0.05, 0.1) is 11.0 Å². The molecule has 114 valence electrons. The minimum absolute atomic E-state index is 0.158. The number of sulfonamides is 1. The van der Waals surface area contributed by atoms with Gasteiger partial charge in [0.1, 0.15) is 0 Å². The molecule has 0 bridgehead atoms. The third kappa shape index (κ3) is 4.42. The highest BCUT2D eigenvalue weighted by atomic mass is 32.3. The first-order valence-electron chi connectivity index (χ1n) is 5.52. The smallest absolute Gasteiger partial charge is 0.399 e. The van der Waals surface area contributed by atoms with Gasteiger partial charge in [0.25, 0.3) is 10.0 Å². The van der Waals surface area contributed by atoms with Crippen molar-refractivity contribution in [3.05, 3.63) is 24.3 Å². The Morgan fingerprint density at radius 3 is 2.05 bits per heavy atom. The van der Waals surface area contributed by atoms with Crippen LogP contribution in [0.3, 0.4) is 0 Å². The van der Waals surface area contributed by atoms with Crippen molar-refractivity contribution in [1.29, 1.82) is 0 Å². The Balaban J connectivity index is 2.96. The normalized spacial score (nSPS) is 13.1. The summed E-state index contributed by atoms with van der Waals surface area (Å²) >= 11 is 0. The molecule has 0 atom stereocenters. The zero-order valence-electron chi connectivity index (χ0n) is 11.2. The average molecular weight is 324 g/mol. The number of anilines is 1. The minimum Gasteiger partial charge on any atom is -0.399 e. The minimum atomic E-state index is -4.46. The second-order valence-corrected chi connectivity index (χ2v) is 7.21. The number of nitrogens with two attached hydrogens (primary N) is 1. The quantitative estimate of drug-likeness (QED) is 0.598. The maximum Gasteiger partial charge on any atom is 0.417 e. The molecule has 0 amide bonds. The molecule has 0 saturated carbocycles. The summed E-state index contributed by atoms with van der Waals surface area (Å²) in [5.41, 5.74) is 5.83. The molecule has 0 heterocycles. The van der Waals surface area contributed by atoms with Crippen LogP contribution < -0.4 is 5.73 Å². The van der Waals surface area contributed by atoms with Crippen LogP contribution in [0.1, 0.15) is 13.8 Å². The predicted molar refractivity (Wildman–Crippen MR) is 72.0 cm³/mol. The third-order valence-electron chi connectivity index (χ3n) is 2.02. The van der Waals surface area contributed by atoms with E-state index in [2.05, 4.69) is 8.47 Å². The van der Waals surface area contributed by atoms with Crippen molar-refractivity contribution < 1.29 is 25.3 Å². The van der Waals surface area contributed by atoms with Crippen molar-refractivity contribution in [2.45, 2.75) is 24.8 Å². The lowest BCUT2D eigenvalue weighted by molar-refractivity contribution is 0.0391. The molecule has 0 spiro atoms. The molecule has 20 heavy (non-hydrogen) atoms. The van der Waals surface area contributed by atoms with E-state index in [0.717, 1.165) is 7.05 Å². The molecule has 0 radical (unpaired) electrons. The Morgan fingerprint density at radius 2 is 1.60 bits per heavy atom. The Labute approximate surface area is 118 Å². The SMILES string of the molecule is CC(C)OS(=O)(=O)ON(C)S(=O)(=O)c1ccc(N)cc1. The highest BCUT2D eigenvalue weighted by Gasteiger charge is 2.28. The molecule has 1 rings (SSSR count). The van der Waals surface area contributed by atoms with E-state index in [1.807, 2.05) is 0 Å². The second kappa shape index (κ2) is 6.06. The molecule has 8 nitrogen and oxygen atoms in total. The first kappa shape index (κ1) is 16.9. The van der Waals surface area contributed by atoms with Crippen LogP contribution in [0.4, 0.5) is 5.69 Å². The molecule has 0 fully saturated rings. The number of hydroxylamine groups is 1. The lowest BCUT2D eigenvalue weighted by Gasteiger charge is -2.16. The fraction of sp³-hybridized carbons (Fsp3) is 0.400. The van der Waals surface area contributed by atoms with Gasteiger partial charge in [0.2, 0.25) is 0 Å². The van der Waals surface area contributed by atoms with Crippen LogP contribution in [-0.4, -0.2) is 34.5 Å². The van der Waals surface area contributed by atoms with Gasteiger partial charge in [0, 0.05) is 12.7 Å². The Hall–Kier alpha value is -1.20. The number of nitrogen functional groups attached to an aromatic ring is 1. The molecule has 0 aliphatic carbocycles. The monoisotopic (exact) mass is 324 g/mol. The van der Waals surface area contributed by atoms with Crippen molar-refractivity contribution in [2.75, 3.05) is 12.8 Å². The molecule has 2 N–H and O–H groups in total. The molecule has 0 aliphatic rings. The number of rotatable bonds is 6. The van der Waals surface area contributed by atoms with Crippen LogP contribution in [0.25, 0.3) is 0 Å². The Bertz CT molecular complexity index is 651. The highest BCUT2D eigenvalue weighted by molar-refractivity contribution is 7.89. The third-order valence-corrected chi connectivity index (χ3v) is 4.76. The molecule has 1 aromatic carbocycles. The van der Waals surface area contributed by atoms with Crippen molar-refractivity contribution in [2.24, 2.45) is 0 Å². The van der Waals surface area contributed by atoms with Gasteiger partial charge in [-0.05, 0) is 38.1 Å². The van der Waals surface area contributed by atoms with Crippen LogP contribution in [0.2, 0.25) is 0 Å². The molecular weight excluding hydrogens is 308 g/mol. The van der Waals surface area contributed by atoms with Crippen molar-refractivity contribution >= 4 is 26.1 Å². The van der Waals surface area contributed by atoms with Crippen LogP contribution in [0.15, 0.2) is 29.2 Å². The van der Waals surface area contributed by atoms with Crippen LogP contribution >= 0.6 is 0 Å². The van der Waals surface area contributed by atoms with Crippen LogP contribution in [0, 0.1) is 0 Å². The van der Waals surface area contributed by atoms with E-state index < -0.39 is 26.5 Å². The average Bonchev–Trinajstić information content (AvgIpc) is 2.26. The Kier molecular flexibility index (Phi) is 5.10. The van der Waals surface area contributed by atoms with Crippen molar-refractivity contribution in [1.82, 2.24) is 4.47 Å². The van der Waals surface area contributed by atoms with Gasteiger partial charge >= 0.3 is 10.4 Å². The largest absolute Gasteiger partial charge is 0.417 e. The summed E-state index contributed by atoms with van der Waals surface area (Å²) in [6, 6.07) is 5.22. The zero-order chi connectivity index (χ0) is 15.6. The zero-order valence-corrected chi connectivity index (χ0v) is 12.8. The van der Waals surface area contributed by atoms with Gasteiger partial charge in [0.15, 0.2) is 0 Å². The summed E-state index contributed by atoms with van der Waals surface area (Å²) in [4.78, 5) is -0.158. The summed E-state index contributed by atoms with van der Waals surface area (Å²) in [6.07, 6.45) is -0.673. The van der Waals surface area contributed by atoms with E-state index in [1.54, 1.807) is 0 Å². The van der Waals surface area contributed by atoms with Gasteiger partial charge in [-0.15, -0.1) is 4.28 Å². The van der Waals surface area contributed by atoms with Crippen LogP contribution in [0.5, 0.6) is 0 Å². The summed E-state index contributed by atoms with van der Waals surface area (Å²) in [5.74, 6) is 0. The number of nitrogens with zero attached hydrogens (tertiary/aromatic N) is 1. The molecular formula is C10H16N2O6S2. The molecule has 0 aromatic heterocycles. The lowest BCUT2D eigenvalue weighted by atomic mass is 10.3. The number of hydrogen-bond donors (Lipinski definition) is 1. The maximum atomic E-state index is 12.0. The lowest BCUT2D eigenvalue weighted by Crippen LogP contribution is -2.31. The number of hydrogen-bond acceptors (Lipinski definition) is 7. The standard InChI is InChI=1S/C10H16N2O6S2/c1-8(2)17-20(15,16)18-12(3)19(13,14)10-6-4-9(11)5-7-10/h4-8H,11H2,1-3H3. The second-order valence-electron chi connectivity index (χ2n) is 4.11. The summed E-state index contributed by atoms with van der Waals surface area (Å²) < 4.78 is 56.0. The van der Waals surface area contributed by atoms with E-state index in [4.69, 9.17) is 5.73 Å². The Morgan fingerprint density at radius 1 is 1.10 bits per heavy atom. The maximum absolute atomic E-state index is 12.0. The predicted octanol–water partition coefficient (Wildman–Crippen LogP) is 0.491. The molecule has 10 heteroatoms. The molecule has 0 aliphatic heterocycles. The van der Waals surface area contributed by atoms with Gasteiger partial charge in [-0.1, -0.05) is 4.47 Å². The van der Waals surface area contributed by atoms with Crippen molar-refractivity contribution in [3.8, 4) is 0 Å². The van der Waals surface area contributed by atoms with E-state index in [0.29, 0.717) is 5.69 Å². The molecule has 0 saturated heterocycles. The fourth-order valence-electron chi connectivity index (χ4n) is 1.21. The van der Waals surface area contributed by atoms with E-state index in [-0.39, 0.29) is 9.36 Å². The van der Waals surface area contributed by atoms with E-state index in [9.17, 15) is 16.8 Å². The summed E-state index contributed by atoms with van der Waals surface area (Å²) in [7, 11) is -7.63. The summed E-state index contributed by atoms with van der Waals surface area (Å²) in [5, 5.41) is 0. The van der Waals surface area contributed by atoms with Gasteiger partial charge in [-0.3, -0.25) is 0 Å². The topological polar surface area (TPSA) is 116 Å². The first-order valence-corrected chi connectivity index (χ1v) is 8.29. The van der Waals surface area contributed by atoms with Crippen molar-refractivity contribution in [3.63, 3.8) is 0 Å². The van der Waals surface area contributed by atoms with E-state index in [1.165, 1.54) is 38.1 Å². The van der Waals surface area contributed by atoms with Gasteiger partial charge < -0.3 is 5.73 Å². The summed E-state index contributed by atoms with van der Waals surface area (Å²) in [6.45, 7) is 2.94.